The van der Waals surface area contributed by atoms with Crippen molar-refractivity contribution in [2.45, 2.75) is 50.5 Å². The number of nitrogens with one attached hydrogen (secondary N) is 1. The van der Waals surface area contributed by atoms with Gasteiger partial charge in [-0.3, -0.25) is 11.3 Å². The zero-order valence-corrected chi connectivity index (χ0v) is 12.6. The predicted octanol–water partition coefficient (Wildman–Crippen LogP) is 3.26. The van der Waals surface area contributed by atoms with Crippen LogP contribution in [-0.4, -0.2) is 17.1 Å². The number of rotatable bonds is 5. The highest BCUT2D eigenvalue weighted by Crippen LogP contribution is 2.35. The topological polar surface area (TPSA) is 47.3 Å². The zero-order valence-electron chi connectivity index (χ0n) is 11.8. The highest BCUT2D eigenvalue weighted by Gasteiger charge is 2.24. The van der Waals surface area contributed by atoms with Gasteiger partial charge in [-0.05, 0) is 50.1 Å². The summed E-state index contributed by atoms with van der Waals surface area (Å²) in [5.41, 5.74) is 4.21. The van der Waals surface area contributed by atoms with Crippen LogP contribution in [0, 0.1) is 0 Å². The molecule has 0 radical (unpaired) electrons. The molecule has 0 spiro atoms. The average Bonchev–Trinajstić information content (AvgIpc) is 2.40. The average molecular weight is 280 g/mol. The van der Waals surface area contributed by atoms with Crippen LogP contribution in [0.2, 0.25) is 0 Å². The van der Waals surface area contributed by atoms with Gasteiger partial charge < -0.3 is 4.74 Å². The van der Waals surface area contributed by atoms with E-state index in [1.807, 2.05) is 37.7 Å². The molecule has 2 unspecified atom stereocenters. The molecule has 1 aromatic carbocycles. The third-order valence-electron chi connectivity index (χ3n) is 3.36. The third kappa shape index (κ3) is 4.13. The van der Waals surface area contributed by atoms with Crippen LogP contribution in [0.3, 0.4) is 0 Å². The van der Waals surface area contributed by atoms with Crippen LogP contribution in [0.25, 0.3) is 0 Å². The number of ether oxygens (including phenoxy) is 1. The van der Waals surface area contributed by atoms with Gasteiger partial charge in [0.05, 0.1) is 12.1 Å². The minimum atomic E-state index is 0.198. The molecule has 3 nitrogen and oxygen atoms in total. The molecule has 1 aliphatic rings. The van der Waals surface area contributed by atoms with Crippen LogP contribution in [0.15, 0.2) is 24.3 Å². The van der Waals surface area contributed by atoms with E-state index in [2.05, 4.69) is 17.6 Å². The summed E-state index contributed by atoms with van der Waals surface area (Å²) in [5.74, 6) is 7.95. The molecule has 3 N–H and O–H groups in total. The molecule has 19 heavy (non-hydrogen) atoms. The quantitative estimate of drug-likeness (QED) is 0.642. The molecule has 4 heteroatoms. The van der Waals surface area contributed by atoms with Gasteiger partial charge in [-0.1, -0.05) is 18.6 Å². The SMILES string of the molecule is CC(C)Oc1cccc(C(NN)C2CCCCS2)c1. The molecule has 1 heterocycles. The third-order valence-corrected chi connectivity index (χ3v) is 4.82. The minimum absolute atomic E-state index is 0.198. The standard InChI is InChI=1S/C15H24N2OS/c1-11(2)18-13-7-5-6-12(10-13)15(17-16)14-8-3-4-9-19-14/h5-7,10-11,14-15,17H,3-4,8-9,16H2,1-2H3. The van der Waals surface area contributed by atoms with E-state index in [-0.39, 0.29) is 12.1 Å². The summed E-state index contributed by atoms with van der Waals surface area (Å²) in [4.78, 5) is 0. The highest BCUT2D eigenvalue weighted by molar-refractivity contribution is 8.00. The van der Waals surface area contributed by atoms with Gasteiger partial charge in [0.1, 0.15) is 5.75 Å². The van der Waals surface area contributed by atoms with Crippen LogP contribution in [0.5, 0.6) is 5.75 Å². The first-order valence-electron chi connectivity index (χ1n) is 7.05. The van der Waals surface area contributed by atoms with E-state index in [1.54, 1.807) is 0 Å². The van der Waals surface area contributed by atoms with Gasteiger partial charge >= 0.3 is 0 Å². The summed E-state index contributed by atoms with van der Waals surface area (Å²) in [7, 11) is 0. The second-order valence-electron chi connectivity index (χ2n) is 5.29. The van der Waals surface area contributed by atoms with Gasteiger partial charge in [-0.25, -0.2) is 0 Å². The maximum absolute atomic E-state index is 5.78. The Morgan fingerprint density at radius 1 is 1.37 bits per heavy atom. The molecule has 1 fully saturated rings. The van der Waals surface area contributed by atoms with E-state index in [0.29, 0.717) is 5.25 Å². The van der Waals surface area contributed by atoms with Crippen molar-refractivity contribution in [3.05, 3.63) is 29.8 Å². The van der Waals surface area contributed by atoms with E-state index in [0.717, 1.165) is 5.75 Å². The molecule has 1 aromatic rings. The summed E-state index contributed by atoms with van der Waals surface area (Å²) in [5, 5.41) is 0.563. The molecular weight excluding hydrogens is 256 g/mol. The number of hydrazine groups is 1. The lowest BCUT2D eigenvalue weighted by Gasteiger charge is -2.29. The van der Waals surface area contributed by atoms with Gasteiger partial charge in [-0.2, -0.15) is 11.8 Å². The number of thioether (sulfide) groups is 1. The fourth-order valence-corrected chi connectivity index (χ4v) is 3.94. The Bertz CT molecular complexity index is 391. The van der Waals surface area contributed by atoms with E-state index < -0.39 is 0 Å². The second kappa shape index (κ2) is 7.17. The Morgan fingerprint density at radius 3 is 2.84 bits per heavy atom. The minimum Gasteiger partial charge on any atom is -0.491 e. The summed E-state index contributed by atoms with van der Waals surface area (Å²) < 4.78 is 5.76. The van der Waals surface area contributed by atoms with Gasteiger partial charge in [0, 0.05) is 5.25 Å². The van der Waals surface area contributed by atoms with E-state index in [9.17, 15) is 0 Å². The molecule has 0 saturated carbocycles. The highest BCUT2D eigenvalue weighted by atomic mass is 32.2. The van der Waals surface area contributed by atoms with E-state index in [1.165, 1.54) is 30.6 Å². The van der Waals surface area contributed by atoms with Crippen molar-refractivity contribution in [3.63, 3.8) is 0 Å². The Hall–Kier alpha value is -0.710. The predicted molar refractivity (Wildman–Crippen MR) is 82.4 cm³/mol. The van der Waals surface area contributed by atoms with Crippen molar-refractivity contribution in [2.75, 3.05) is 5.75 Å². The molecular formula is C15H24N2OS. The summed E-state index contributed by atoms with van der Waals surface area (Å²) in [6.45, 7) is 4.09. The Morgan fingerprint density at radius 2 is 2.21 bits per heavy atom. The van der Waals surface area contributed by atoms with Crippen LogP contribution < -0.4 is 16.0 Å². The number of nitrogens with two attached hydrogens (primary N) is 1. The Balaban J connectivity index is 2.12. The van der Waals surface area contributed by atoms with Gasteiger partial charge in [0.2, 0.25) is 0 Å². The summed E-state index contributed by atoms with van der Waals surface area (Å²) in [6.07, 6.45) is 4.06. The molecule has 0 aliphatic carbocycles. The normalized spacial score (nSPS) is 21.4. The van der Waals surface area contributed by atoms with Crippen molar-refractivity contribution >= 4 is 11.8 Å². The monoisotopic (exact) mass is 280 g/mol. The summed E-state index contributed by atoms with van der Waals surface area (Å²) >= 11 is 2.03. The van der Waals surface area contributed by atoms with Crippen LogP contribution in [0.4, 0.5) is 0 Å². The maximum Gasteiger partial charge on any atom is 0.120 e. The first-order chi connectivity index (χ1) is 9.20. The van der Waals surface area contributed by atoms with Crippen molar-refractivity contribution in [3.8, 4) is 5.75 Å². The van der Waals surface area contributed by atoms with Crippen LogP contribution in [0.1, 0.15) is 44.7 Å². The number of hydrogen-bond acceptors (Lipinski definition) is 4. The molecule has 0 bridgehead atoms. The zero-order chi connectivity index (χ0) is 13.7. The molecule has 0 amide bonds. The van der Waals surface area contributed by atoms with Crippen molar-refractivity contribution in [1.29, 1.82) is 0 Å². The first-order valence-corrected chi connectivity index (χ1v) is 8.10. The largest absolute Gasteiger partial charge is 0.491 e. The second-order valence-corrected chi connectivity index (χ2v) is 6.64. The van der Waals surface area contributed by atoms with Crippen molar-refractivity contribution < 1.29 is 4.74 Å². The molecule has 2 rings (SSSR count). The number of benzene rings is 1. The molecule has 2 atom stereocenters. The first kappa shape index (κ1) is 14.7. The van der Waals surface area contributed by atoms with Gasteiger partial charge in [0.15, 0.2) is 0 Å². The molecule has 106 valence electrons. The van der Waals surface area contributed by atoms with E-state index in [4.69, 9.17) is 10.6 Å². The number of hydrogen-bond donors (Lipinski definition) is 2. The Kier molecular flexibility index (Phi) is 5.55. The van der Waals surface area contributed by atoms with Gasteiger partial charge in [-0.15, -0.1) is 0 Å². The van der Waals surface area contributed by atoms with Crippen molar-refractivity contribution in [1.82, 2.24) is 5.43 Å². The lowest BCUT2D eigenvalue weighted by molar-refractivity contribution is 0.242. The van der Waals surface area contributed by atoms with Crippen LogP contribution in [-0.2, 0) is 0 Å². The summed E-state index contributed by atoms with van der Waals surface area (Å²) in [6, 6.07) is 8.50. The molecule has 1 saturated heterocycles. The van der Waals surface area contributed by atoms with Crippen molar-refractivity contribution in [2.24, 2.45) is 5.84 Å². The maximum atomic E-state index is 5.78. The fourth-order valence-electron chi connectivity index (χ4n) is 2.50. The lowest BCUT2D eigenvalue weighted by Crippen LogP contribution is -2.36. The Labute approximate surface area is 120 Å². The lowest BCUT2D eigenvalue weighted by atomic mass is 10.00. The van der Waals surface area contributed by atoms with Crippen LogP contribution >= 0.6 is 11.8 Å². The van der Waals surface area contributed by atoms with E-state index >= 15 is 0 Å². The smallest absolute Gasteiger partial charge is 0.120 e. The molecule has 0 aromatic heterocycles. The molecule has 1 aliphatic heterocycles. The fraction of sp³-hybridized carbons (Fsp3) is 0.600. The van der Waals surface area contributed by atoms with Gasteiger partial charge in [0.25, 0.3) is 0 Å².